The van der Waals surface area contributed by atoms with Crippen molar-refractivity contribution in [3.05, 3.63) is 72.3 Å². The molecule has 162 valence electrons. The highest BCUT2D eigenvalue weighted by Gasteiger charge is 2.31. The third-order valence-electron chi connectivity index (χ3n) is 5.83. The molecule has 1 fully saturated rings. The lowest BCUT2D eigenvalue weighted by Crippen LogP contribution is -2.42. The summed E-state index contributed by atoms with van der Waals surface area (Å²) in [7, 11) is -3.61. The first-order valence-corrected chi connectivity index (χ1v) is 12.1. The van der Waals surface area contributed by atoms with Crippen LogP contribution < -0.4 is 5.32 Å². The first-order valence-electron chi connectivity index (χ1n) is 10.7. The molecule has 0 aromatic heterocycles. The van der Waals surface area contributed by atoms with Gasteiger partial charge in [0.05, 0.1) is 11.4 Å². The molecule has 0 bridgehead atoms. The van der Waals surface area contributed by atoms with Crippen LogP contribution >= 0.6 is 0 Å². The summed E-state index contributed by atoms with van der Waals surface area (Å²) in [6, 6.07) is 20.4. The molecule has 4 rings (SSSR count). The van der Waals surface area contributed by atoms with E-state index in [0.29, 0.717) is 30.5 Å². The van der Waals surface area contributed by atoms with Gasteiger partial charge in [0.15, 0.2) is 5.78 Å². The van der Waals surface area contributed by atoms with Crippen molar-refractivity contribution >= 4 is 32.3 Å². The number of hydrogen-bond donors (Lipinski definition) is 1. The van der Waals surface area contributed by atoms with Crippen LogP contribution in [0.4, 0.5) is 5.69 Å². The molecule has 1 saturated heterocycles. The van der Waals surface area contributed by atoms with Crippen molar-refractivity contribution in [2.45, 2.75) is 25.2 Å². The lowest BCUT2D eigenvalue weighted by atomic mass is 9.94. The second-order valence-electron chi connectivity index (χ2n) is 8.63. The summed E-state index contributed by atoms with van der Waals surface area (Å²) < 4.78 is 27.9. The number of anilines is 1. The largest absolute Gasteiger partial charge is 0.378 e. The first kappa shape index (κ1) is 21.5. The van der Waals surface area contributed by atoms with Crippen LogP contribution in [0, 0.1) is 11.8 Å². The van der Waals surface area contributed by atoms with E-state index in [1.165, 1.54) is 6.07 Å². The van der Waals surface area contributed by atoms with Gasteiger partial charge in [-0.1, -0.05) is 56.3 Å². The van der Waals surface area contributed by atoms with Crippen molar-refractivity contribution in [3.8, 4) is 0 Å². The van der Waals surface area contributed by atoms with Crippen LogP contribution in [0.5, 0.6) is 0 Å². The zero-order valence-corrected chi connectivity index (χ0v) is 18.7. The molecule has 0 amide bonds. The SMILES string of the molecule is CC1CC(C)CN(S(=O)(=O)c2cccc(C(=O)CNc3ccc4ccccc4c3)c2)C1. The number of nitrogens with one attached hydrogen (secondary N) is 1. The number of nitrogens with zero attached hydrogens (tertiary/aromatic N) is 1. The quantitative estimate of drug-likeness (QED) is 0.564. The van der Waals surface area contributed by atoms with Gasteiger partial charge in [0.1, 0.15) is 0 Å². The number of benzene rings is 3. The summed E-state index contributed by atoms with van der Waals surface area (Å²) in [5, 5.41) is 5.39. The second-order valence-corrected chi connectivity index (χ2v) is 10.6. The molecule has 0 saturated carbocycles. The number of rotatable bonds is 6. The molecule has 0 spiro atoms. The van der Waals surface area contributed by atoms with Gasteiger partial charge in [-0.3, -0.25) is 4.79 Å². The van der Waals surface area contributed by atoms with E-state index in [2.05, 4.69) is 19.2 Å². The van der Waals surface area contributed by atoms with Crippen LogP contribution in [0.25, 0.3) is 10.8 Å². The molecule has 3 aromatic rings. The van der Waals surface area contributed by atoms with E-state index in [4.69, 9.17) is 0 Å². The van der Waals surface area contributed by atoms with Crippen molar-refractivity contribution < 1.29 is 13.2 Å². The maximum Gasteiger partial charge on any atom is 0.243 e. The van der Waals surface area contributed by atoms with E-state index in [9.17, 15) is 13.2 Å². The van der Waals surface area contributed by atoms with E-state index in [0.717, 1.165) is 22.9 Å². The summed E-state index contributed by atoms with van der Waals surface area (Å²) in [4.78, 5) is 13.0. The Balaban J connectivity index is 1.48. The Bertz CT molecular complexity index is 1200. The van der Waals surface area contributed by atoms with Crippen LogP contribution in [0.2, 0.25) is 0 Å². The molecular weight excluding hydrogens is 408 g/mol. The number of fused-ring (bicyclic) bond motifs is 1. The van der Waals surface area contributed by atoms with Gasteiger partial charge >= 0.3 is 0 Å². The zero-order chi connectivity index (χ0) is 22.0. The van der Waals surface area contributed by atoms with Gasteiger partial charge in [-0.2, -0.15) is 4.31 Å². The molecule has 0 aliphatic carbocycles. The Hall–Kier alpha value is -2.70. The molecule has 1 aliphatic heterocycles. The van der Waals surface area contributed by atoms with Crippen LogP contribution in [0.15, 0.2) is 71.6 Å². The maximum atomic E-state index is 13.2. The summed E-state index contributed by atoms with van der Waals surface area (Å²) >= 11 is 0. The monoisotopic (exact) mass is 436 g/mol. The van der Waals surface area contributed by atoms with E-state index >= 15 is 0 Å². The molecule has 2 unspecified atom stereocenters. The molecule has 31 heavy (non-hydrogen) atoms. The normalized spacial score (nSPS) is 19.9. The Morgan fingerprint density at radius 3 is 2.39 bits per heavy atom. The number of Topliss-reactive ketones (excluding diaryl/α,β-unsaturated/α-hetero) is 1. The average molecular weight is 437 g/mol. The summed E-state index contributed by atoms with van der Waals surface area (Å²) in [5.74, 6) is 0.509. The average Bonchev–Trinajstić information content (AvgIpc) is 2.76. The van der Waals surface area contributed by atoms with E-state index in [1.54, 1.807) is 22.5 Å². The molecular formula is C25H28N2O3S. The number of carbonyl (C=O) groups excluding carboxylic acids is 1. The van der Waals surface area contributed by atoms with Gasteiger partial charge in [0, 0.05) is 24.3 Å². The molecule has 1 aliphatic rings. The van der Waals surface area contributed by atoms with Crippen molar-refractivity contribution in [2.24, 2.45) is 11.8 Å². The van der Waals surface area contributed by atoms with E-state index in [1.807, 2.05) is 42.5 Å². The minimum absolute atomic E-state index is 0.0968. The first-order chi connectivity index (χ1) is 14.8. The van der Waals surface area contributed by atoms with Crippen LogP contribution in [-0.4, -0.2) is 38.1 Å². The Kier molecular flexibility index (Phi) is 6.12. The van der Waals surface area contributed by atoms with Crippen molar-refractivity contribution in [3.63, 3.8) is 0 Å². The fourth-order valence-corrected chi connectivity index (χ4v) is 6.09. The van der Waals surface area contributed by atoms with Gasteiger partial charge in [0.25, 0.3) is 0 Å². The van der Waals surface area contributed by atoms with Crippen LogP contribution in [0.3, 0.4) is 0 Å². The van der Waals surface area contributed by atoms with E-state index < -0.39 is 10.0 Å². The summed E-state index contributed by atoms with van der Waals surface area (Å²) in [6.07, 6.45) is 1.03. The Morgan fingerprint density at radius 2 is 1.65 bits per heavy atom. The van der Waals surface area contributed by atoms with Gasteiger partial charge in [0.2, 0.25) is 10.0 Å². The highest BCUT2D eigenvalue weighted by atomic mass is 32.2. The van der Waals surface area contributed by atoms with Crippen LogP contribution in [0.1, 0.15) is 30.6 Å². The van der Waals surface area contributed by atoms with E-state index in [-0.39, 0.29) is 17.2 Å². The van der Waals surface area contributed by atoms with Gasteiger partial charge in [-0.25, -0.2) is 8.42 Å². The summed E-state index contributed by atoms with van der Waals surface area (Å²) in [5.41, 5.74) is 1.25. The standard InChI is InChI=1S/C25H28N2O3S/c1-18-12-19(2)17-27(16-18)31(29,30)24-9-5-8-22(14-24)25(28)15-26-23-11-10-20-6-3-4-7-21(20)13-23/h3-11,13-14,18-19,26H,12,15-17H2,1-2H3. The number of ketones is 1. The van der Waals surface area contributed by atoms with Gasteiger partial charge in [-0.15, -0.1) is 0 Å². The summed E-state index contributed by atoms with van der Waals surface area (Å²) in [6.45, 7) is 5.30. The molecule has 1 N–H and O–H groups in total. The smallest absolute Gasteiger partial charge is 0.243 e. The third-order valence-corrected chi connectivity index (χ3v) is 7.66. The number of piperidine rings is 1. The fourth-order valence-electron chi connectivity index (χ4n) is 4.36. The third kappa shape index (κ3) is 4.81. The molecule has 2 atom stereocenters. The fraction of sp³-hybridized carbons (Fsp3) is 0.320. The second kappa shape index (κ2) is 8.81. The Morgan fingerprint density at radius 1 is 0.935 bits per heavy atom. The van der Waals surface area contributed by atoms with Gasteiger partial charge in [-0.05, 0) is 53.3 Å². The van der Waals surface area contributed by atoms with Crippen molar-refractivity contribution in [2.75, 3.05) is 25.0 Å². The van der Waals surface area contributed by atoms with Gasteiger partial charge < -0.3 is 5.32 Å². The van der Waals surface area contributed by atoms with Crippen molar-refractivity contribution in [1.82, 2.24) is 4.31 Å². The molecule has 1 heterocycles. The highest BCUT2D eigenvalue weighted by molar-refractivity contribution is 7.89. The minimum Gasteiger partial charge on any atom is -0.378 e. The predicted octanol–water partition coefficient (Wildman–Crippen LogP) is 4.80. The van der Waals surface area contributed by atoms with Crippen LogP contribution in [-0.2, 0) is 10.0 Å². The maximum absolute atomic E-state index is 13.2. The molecule has 6 heteroatoms. The molecule has 5 nitrogen and oxygen atoms in total. The topological polar surface area (TPSA) is 66.5 Å². The highest BCUT2D eigenvalue weighted by Crippen LogP contribution is 2.27. The van der Waals surface area contributed by atoms with Crippen molar-refractivity contribution in [1.29, 1.82) is 0 Å². The lowest BCUT2D eigenvalue weighted by Gasteiger charge is -2.34. The number of carbonyl (C=O) groups is 1. The Labute approximate surface area is 184 Å². The lowest BCUT2D eigenvalue weighted by molar-refractivity contribution is 0.101. The minimum atomic E-state index is -3.61. The molecule has 3 aromatic carbocycles. The number of sulfonamides is 1. The predicted molar refractivity (Wildman–Crippen MR) is 125 cm³/mol. The zero-order valence-electron chi connectivity index (χ0n) is 17.9. The molecule has 0 radical (unpaired) electrons. The number of hydrogen-bond acceptors (Lipinski definition) is 4.